The van der Waals surface area contributed by atoms with Crippen LogP contribution in [-0.4, -0.2) is 30.4 Å². The van der Waals surface area contributed by atoms with Crippen LogP contribution in [0.3, 0.4) is 0 Å². The van der Waals surface area contributed by atoms with Gasteiger partial charge in [0, 0.05) is 19.6 Å². The van der Waals surface area contributed by atoms with E-state index < -0.39 is 0 Å². The Bertz CT molecular complexity index is 313. The van der Waals surface area contributed by atoms with Crippen LogP contribution in [0.25, 0.3) is 0 Å². The Morgan fingerprint density at radius 2 is 2.33 bits per heavy atom. The molecular formula is C10H17N3O2. The van der Waals surface area contributed by atoms with Gasteiger partial charge in [0.15, 0.2) is 0 Å². The summed E-state index contributed by atoms with van der Waals surface area (Å²) >= 11 is 0. The maximum Gasteiger partial charge on any atom is 0.245 e. The summed E-state index contributed by atoms with van der Waals surface area (Å²) in [5, 5.41) is 11.1. The Balaban J connectivity index is 1.99. The van der Waals surface area contributed by atoms with Crippen molar-refractivity contribution in [3.63, 3.8) is 0 Å². The third-order valence-corrected chi connectivity index (χ3v) is 2.70. The molecule has 15 heavy (non-hydrogen) atoms. The van der Waals surface area contributed by atoms with Gasteiger partial charge in [-0.2, -0.15) is 0 Å². The predicted molar refractivity (Wildman–Crippen MR) is 54.4 cm³/mol. The van der Waals surface area contributed by atoms with Gasteiger partial charge in [-0.05, 0) is 19.4 Å². The molecule has 0 saturated carbocycles. The smallest absolute Gasteiger partial charge is 0.245 e. The number of rotatable bonds is 4. The molecule has 1 aliphatic rings. The lowest BCUT2D eigenvalue weighted by Gasteiger charge is -2.08. The van der Waals surface area contributed by atoms with Gasteiger partial charge in [0.1, 0.15) is 6.10 Å². The quantitative estimate of drug-likeness (QED) is 0.802. The summed E-state index contributed by atoms with van der Waals surface area (Å²) in [6.07, 6.45) is 1.84. The molecule has 0 amide bonds. The lowest BCUT2D eigenvalue weighted by atomic mass is 10.0. The number of likely N-dealkylation sites (N-methyl/N-ethyl adjacent to an activating group) is 1. The monoisotopic (exact) mass is 211 g/mol. The molecule has 1 N–H and O–H groups in total. The molecule has 1 saturated heterocycles. The summed E-state index contributed by atoms with van der Waals surface area (Å²) < 4.78 is 11.1. The van der Waals surface area contributed by atoms with Crippen LogP contribution in [-0.2, 0) is 11.2 Å². The number of nitrogens with zero attached hydrogens (tertiary/aromatic N) is 2. The Morgan fingerprint density at radius 1 is 1.47 bits per heavy atom. The molecule has 1 fully saturated rings. The van der Waals surface area contributed by atoms with Gasteiger partial charge < -0.3 is 14.5 Å². The van der Waals surface area contributed by atoms with E-state index in [2.05, 4.69) is 22.4 Å². The molecule has 0 bridgehead atoms. The molecule has 2 heterocycles. The topological polar surface area (TPSA) is 60.2 Å². The Morgan fingerprint density at radius 3 is 3.00 bits per heavy atom. The van der Waals surface area contributed by atoms with Gasteiger partial charge in [-0.1, -0.05) is 6.92 Å². The SMILES string of the molecule is CNCCc1nnc(C2OCCC2C)o1. The highest BCUT2D eigenvalue weighted by molar-refractivity contribution is 4.91. The van der Waals surface area contributed by atoms with Crippen molar-refractivity contribution in [1.82, 2.24) is 15.5 Å². The zero-order valence-electron chi connectivity index (χ0n) is 9.19. The van der Waals surface area contributed by atoms with E-state index in [1.807, 2.05) is 7.05 Å². The minimum absolute atomic E-state index is 0.000774. The van der Waals surface area contributed by atoms with E-state index in [1.54, 1.807) is 0 Å². The van der Waals surface area contributed by atoms with Gasteiger partial charge in [0.25, 0.3) is 0 Å². The van der Waals surface area contributed by atoms with Crippen LogP contribution >= 0.6 is 0 Å². The molecule has 0 aliphatic carbocycles. The number of ether oxygens (including phenoxy) is 1. The maximum absolute atomic E-state index is 5.56. The molecule has 1 aliphatic heterocycles. The van der Waals surface area contributed by atoms with Crippen LogP contribution in [0.15, 0.2) is 4.42 Å². The molecule has 2 atom stereocenters. The highest BCUT2D eigenvalue weighted by Crippen LogP contribution is 2.32. The van der Waals surface area contributed by atoms with Crippen molar-refractivity contribution >= 4 is 0 Å². The van der Waals surface area contributed by atoms with Gasteiger partial charge in [-0.15, -0.1) is 10.2 Å². The second kappa shape index (κ2) is 4.72. The molecule has 5 nitrogen and oxygen atoms in total. The highest BCUT2D eigenvalue weighted by Gasteiger charge is 2.30. The number of aromatic nitrogens is 2. The van der Waals surface area contributed by atoms with Crippen molar-refractivity contribution in [3.8, 4) is 0 Å². The Kier molecular flexibility index (Phi) is 3.33. The van der Waals surface area contributed by atoms with E-state index in [-0.39, 0.29) is 6.10 Å². The molecule has 5 heteroatoms. The number of hydrogen-bond acceptors (Lipinski definition) is 5. The summed E-state index contributed by atoms with van der Waals surface area (Å²) in [6, 6.07) is 0. The van der Waals surface area contributed by atoms with Crippen molar-refractivity contribution in [2.45, 2.75) is 25.9 Å². The summed E-state index contributed by atoms with van der Waals surface area (Å²) in [5.41, 5.74) is 0. The second-order valence-corrected chi connectivity index (χ2v) is 3.94. The van der Waals surface area contributed by atoms with E-state index in [0.717, 1.165) is 26.0 Å². The Labute approximate surface area is 89.2 Å². The van der Waals surface area contributed by atoms with E-state index in [9.17, 15) is 0 Å². The van der Waals surface area contributed by atoms with E-state index in [4.69, 9.17) is 9.15 Å². The van der Waals surface area contributed by atoms with Crippen molar-refractivity contribution in [3.05, 3.63) is 11.8 Å². The largest absolute Gasteiger partial charge is 0.422 e. The first-order valence-corrected chi connectivity index (χ1v) is 5.39. The van der Waals surface area contributed by atoms with E-state index in [0.29, 0.717) is 17.7 Å². The predicted octanol–water partition coefficient (Wildman–Crippen LogP) is 0.929. The minimum atomic E-state index is 0.000774. The normalized spacial score (nSPS) is 26.0. The van der Waals surface area contributed by atoms with Gasteiger partial charge in [0.2, 0.25) is 11.8 Å². The first kappa shape index (κ1) is 10.6. The minimum Gasteiger partial charge on any atom is -0.422 e. The average Bonchev–Trinajstić information content (AvgIpc) is 2.83. The van der Waals surface area contributed by atoms with Crippen molar-refractivity contribution in [2.24, 2.45) is 5.92 Å². The van der Waals surface area contributed by atoms with Gasteiger partial charge in [-0.25, -0.2) is 0 Å². The number of nitrogens with one attached hydrogen (secondary N) is 1. The van der Waals surface area contributed by atoms with Gasteiger partial charge >= 0.3 is 0 Å². The summed E-state index contributed by atoms with van der Waals surface area (Å²) in [7, 11) is 1.90. The fourth-order valence-electron chi connectivity index (χ4n) is 1.73. The number of hydrogen-bond donors (Lipinski definition) is 1. The van der Waals surface area contributed by atoms with Crippen LogP contribution in [0.1, 0.15) is 31.2 Å². The van der Waals surface area contributed by atoms with Crippen LogP contribution in [0.2, 0.25) is 0 Å². The fourth-order valence-corrected chi connectivity index (χ4v) is 1.73. The molecule has 0 radical (unpaired) electrons. The van der Waals surface area contributed by atoms with Crippen LogP contribution in [0.4, 0.5) is 0 Å². The van der Waals surface area contributed by atoms with Crippen LogP contribution in [0, 0.1) is 5.92 Å². The standard InChI is InChI=1S/C10H17N3O2/c1-7-4-6-14-9(7)10-13-12-8(15-10)3-5-11-2/h7,9,11H,3-6H2,1-2H3. The lowest BCUT2D eigenvalue weighted by molar-refractivity contribution is 0.0704. The zero-order chi connectivity index (χ0) is 10.7. The third-order valence-electron chi connectivity index (χ3n) is 2.70. The first-order chi connectivity index (χ1) is 7.31. The average molecular weight is 211 g/mol. The summed E-state index contributed by atoms with van der Waals surface area (Å²) in [6.45, 7) is 3.79. The van der Waals surface area contributed by atoms with E-state index >= 15 is 0 Å². The fraction of sp³-hybridized carbons (Fsp3) is 0.800. The molecule has 84 valence electrons. The van der Waals surface area contributed by atoms with Crippen LogP contribution < -0.4 is 5.32 Å². The van der Waals surface area contributed by atoms with E-state index in [1.165, 1.54) is 0 Å². The molecule has 0 aromatic carbocycles. The molecule has 0 spiro atoms. The highest BCUT2D eigenvalue weighted by atomic mass is 16.5. The first-order valence-electron chi connectivity index (χ1n) is 5.39. The molecule has 1 aromatic rings. The van der Waals surface area contributed by atoms with Crippen LogP contribution in [0.5, 0.6) is 0 Å². The van der Waals surface area contributed by atoms with Crippen molar-refractivity contribution in [2.75, 3.05) is 20.2 Å². The summed E-state index contributed by atoms with van der Waals surface area (Å²) in [4.78, 5) is 0. The summed E-state index contributed by atoms with van der Waals surface area (Å²) in [5.74, 6) is 1.79. The second-order valence-electron chi connectivity index (χ2n) is 3.94. The molecule has 2 unspecified atom stereocenters. The Hall–Kier alpha value is -0.940. The molecule has 1 aromatic heterocycles. The van der Waals surface area contributed by atoms with Crippen molar-refractivity contribution < 1.29 is 9.15 Å². The maximum atomic E-state index is 5.56. The molecule has 2 rings (SSSR count). The van der Waals surface area contributed by atoms with Gasteiger partial charge in [-0.3, -0.25) is 0 Å². The third kappa shape index (κ3) is 2.35. The van der Waals surface area contributed by atoms with Crippen molar-refractivity contribution in [1.29, 1.82) is 0 Å². The lowest BCUT2D eigenvalue weighted by Crippen LogP contribution is -2.10. The zero-order valence-corrected chi connectivity index (χ0v) is 9.19. The van der Waals surface area contributed by atoms with Gasteiger partial charge in [0.05, 0.1) is 0 Å². The molecular weight excluding hydrogens is 194 g/mol.